The third-order valence-corrected chi connectivity index (χ3v) is 9.21. The molecular weight excluding hydrogens is 618 g/mol. The van der Waals surface area contributed by atoms with Gasteiger partial charge in [-0.1, -0.05) is 140 Å². The molecule has 0 saturated carbocycles. The highest BCUT2D eigenvalue weighted by Crippen LogP contribution is 2.28. The van der Waals surface area contributed by atoms with Gasteiger partial charge in [0.25, 0.3) is 0 Å². The Morgan fingerprint density at radius 3 is 1.22 bits per heavy atom. The van der Waals surface area contributed by atoms with Crippen LogP contribution in [-0.2, 0) is 19.0 Å². The Balaban J connectivity index is 3.90. The summed E-state index contributed by atoms with van der Waals surface area (Å²) in [6, 6.07) is 2.27. The molecule has 0 aliphatic heterocycles. The van der Waals surface area contributed by atoms with E-state index >= 15 is 0 Å². The molecule has 0 aliphatic carbocycles. The van der Waals surface area contributed by atoms with E-state index in [0.29, 0.717) is 39.3 Å². The molecule has 0 heterocycles. The zero-order chi connectivity index (χ0) is 36.5. The number of hydrogen-bond donors (Lipinski definition) is 0. The first-order valence-electron chi connectivity index (χ1n) is 21.0. The van der Waals surface area contributed by atoms with Crippen LogP contribution in [0.2, 0.25) is 0 Å². The second-order valence-electron chi connectivity index (χ2n) is 13.8. The number of unbranched alkanes of at least 4 members (excludes halogenated alkanes) is 18. The van der Waals surface area contributed by atoms with E-state index in [1.165, 1.54) is 116 Å². The zero-order valence-electron chi connectivity index (χ0n) is 33.1. The highest BCUT2D eigenvalue weighted by Gasteiger charge is 2.40. The van der Waals surface area contributed by atoms with Gasteiger partial charge in [0.05, 0.1) is 12.7 Å². The minimum absolute atomic E-state index is 0.267. The molecule has 0 aromatic heterocycles. The first-order chi connectivity index (χ1) is 24.7. The first kappa shape index (κ1) is 47.8. The third-order valence-electron chi connectivity index (χ3n) is 9.21. The average molecular weight is 698 g/mol. The molecule has 0 rings (SSSR count). The van der Waals surface area contributed by atoms with Crippen LogP contribution in [0.15, 0.2) is 48.6 Å². The first-order valence-corrected chi connectivity index (χ1v) is 21.0. The molecule has 0 saturated heterocycles. The standard InChI is InChI=1S/C45H79NO4/c1-4-7-9-11-13-15-17-19-21-23-25-27-29-31-33-35-39-48-41-37-45(43-46,44(47)50-6-3)38-42-49-40-36-34-32-30-28-26-24-22-20-18-16-14-12-10-8-5-2/h13-16,19-22H,4-12,17-18,23-42H2,1-3H3. The number of nitrogens with zero attached hydrogens (tertiary/aromatic N) is 1. The number of carbonyl (C=O) groups excluding carboxylic acids is 1. The van der Waals surface area contributed by atoms with Crippen LogP contribution in [0, 0.1) is 16.7 Å². The van der Waals surface area contributed by atoms with Gasteiger partial charge >= 0.3 is 5.97 Å². The van der Waals surface area contributed by atoms with Crippen molar-refractivity contribution in [3.8, 4) is 6.07 Å². The molecule has 0 radical (unpaired) electrons. The van der Waals surface area contributed by atoms with Gasteiger partial charge in [0, 0.05) is 39.3 Å². The van der Waals surface area contributed by atoms with Crippen LogP contribution < -0.4 is 0 Å². The molecule has 0 fully saturated rings. The Morgan fingerprint density at radius 1 is 0.500 bits per heavy atom. The molecule has 0 unspecified atom stereocenters. The molecule has 5 nitrogen and oxygen atoms in total. The summed E-state index contributed by atoms with van der Waals surface area (Å²) in [5.74, 6) is -0.447. The molecule has 288 valence electrons. The lowest BCUT2D eigenvalue weighted by molar-refractivity contribution is -0.154. The van der Waals surface area contributed by atoms with Gasteiger partial charge in [0.15, 0.2) is 5.41 Å². The maximum absolute atomic E-state index is 12.8. The lowest BCUT2D eigenvalue weighted by Crippen LogP contribution is -2.34. The highest BCUT2D eigenvalue weighted by atomic mass is 16.5. The molecule has 0 aliphatic rings. The molecular formula is C45H79NO4. The predicted octanol–water partition coefficient (Wildman–Crippen LogP) is 13.5. The van der Waals surface area contributed by atoms with Crippen molar-refractivity contribution in [1.29, 1.82) is 5.26 Å². The topological polar surface area (TPSA) is 68.5 Å². The maximum Gasteiger partial charge on any atom is 0.326 e. The van der Waals surface area contributed by atoms with Crippen molar-refractivity contribution < 1.29 is 19.0 Å². The van der Waals surface area contributed by atoms with Crippen LogP contribution in [0.1, 0.15) is 188 Å². The monoisotopic (exact) mass is 698 g/mol. The van der Waals surface area contributed by atoms with Gasteiger partial charge in [-0.25, -0.2) is 0 Å². The fourth-order valence-electron chi connectivity index (χ4n) is 5.84. The van der Waals surface area contributed by atoms with Crippen LogP contribution in [0.5, 0.6) is 0 Å². The summed E-state index contributed by atoms with van der Waals surface area (Å²) in [5.41, 5.74) is -1.20. The predicted molar refractivity (Wildman–Crippen MR) is 214 cm³/mol. The van der Waals surface area contributed by atoms with Gasteiger partial charge in [-0.3, -0.25) is 4.79 Å². The normalized spacial score (nSPS) is 13.2. The zero-order valence-corrected chi connectivity index (χ0v) is 33.1. The summed E-state index contributed by atoms with van der Waals surface area (Å²) in [4.78, 5) is 12.8. The number of carbonyl (C=O) groups is 1. The second kappa shape index (κ2) is 39.6. The Hall–Kier alpha value is -2.16. The van der Waals surface area contributed by atoms with Gasteiger partial charge in [-0.05, 0) is 84.0 Å². The van der Waals surface area contributed by atoms with Gasteiger partial charge < -0.3 is 14.2 Å². The van der Waals surface area contributed by atoms with Crippen molar-refractivity contribution in [2.45, 2.75) is 188 Å². The summed E-state index contributed by atoms with van der Waals surface area (Å²) < 4.78 is 17.0. The molecule has 50 heavy (non-hydrogen) atoms. The summed E-state index contributed by atoms with van der Waals surface area (Å²) in [7, 11) is 0. The van der Waals surface area contributed by atoms with Gasteiger partial charge in [0.1, 0.15) is 0 Å². The van der Waals surface area contributed by atoms with E-state index in [9.17, 15) is 10.1 Å². The molecule has 0 atom stereocenters. The van der Waals surface area contributed by atoms with Gasteiger partial charge in [-0.15, -0.1) is 0 Å². The molecule has 0 bridgehead atoms. The molecule has 0 spiro atoms. The van der Waals surface area contributed by atoms with E-state index in [4.69, 9.17) is 14.2 Å². The fourth-order valence-corrected chi connectivity index (χ4v) is 5.84. The average Bonchev–Trinajstić information content (AvgIpc) is 3.12. The van der Waals surface area contributed by atoms with E-state index in [1.54, 1.807) is 6.92 Å². The van der Waals surface area contributed by atoms with E-state index < -0.39 is 11.4 Å². The summed E-state index contributed by atoms with van der Waals surface area (Å²) in [6.07, 6.45) is 48.3. The number of allylic oxidation sites excluding steroid dienone is 8. The maximum atomic E-state index is 12.8. The van der Waals surface area contributed by atoms with Crippen LogP contribution >= 0.6 is 0 Å². The number of rotatable bonds is 38. The number of hydrogen-bond acceptors (Lipinski definition) is 5. The summed E-state index contributed by atoms with van der Waals surface area (Å²) in [5, 5.41) is 10.0. The molecule has 0 aromatic rings. The van der Waals surface area contributed by atoms with Crippen molar-refractivity contribution in [2.75, 3.05) is 33.0 Å². The Kier molecular flexibility index (Phi) is 37.9. The van der Waals surface area contributed by atoms with E-state index in [-0.39, 0.29) is 6.61 Å². The minimum atomic E-state index is -1.20. The minimum Gasteiger partial charge on any atom is -0.465 e. The molecule has 0 aromatic carbocycles. The Bertz CT molecular complexity index is 830. The summed E-state index contributed by atoms with van der Waals surface area (Å²) in [6.45, 7) is 8.66. The largest absolute Gasteiger partial charge is 0.465 e. The Morgan fingerprint density at radius 2 is 0.860 bits per heavy atom. The Labute approximate surface area is 310 Å². The lowest BCUT2D eigenvalue weighted by Gasteiger charge is -2.24. The molecule has 0 N–H and O–H groups in total. The van der Waals surface area contributed by atoms with E-state index in [0.717, 1.165) is 38.5 Å². The van der Waals surface area contributed by atoms with Crippen LogP contribution in [0.25, 0.3) is 0 Å². The SMILES string of the molecule is CCCCCC=CCC=CCCCCCCCCOCCC(C#N)(CCOCCCCCCCCC=CCC=CCCCCC)C(=O)OCC. The van der Waals surface area contributed by atoms with Crippen molar-refractivity contribution in [2.24, 2.45) is 5.41 Å². The third kappa shape index (κ3) is 31.8. The number of ether oxygens (including phenoxy) is 3. The van der Waals surface area contributed by atoms with Crippen molar-refractivity contribution >= 4 is 5.97 Å². The van der Waals surface area contributed by atoms with Gasteiger partial charge in [0.2, 0.25) is 0 Å². The lowest BCUT2D eigenvalue weighted by atomic mass is 9.83. The number of esters is 1. The van der Waals surface area contributed by atoms with E-state index in [1.807, 2.05) is 0 Å². The van der Waals surface area contributed by atoms with Crippen molar-refractivity contribution in [1.82, 2.24) is 0 Å². The number of nitriles is 1. The van der Waals surface area contributed by atoms with E-state index in [2.05, 4.69) is 68.5 Å². The smallest absolute Gasteiger partial charge is 0.326 e. The highest BCUT2D eigenvalue weighted by molar-refractivity contribution is 5.80. The van der Waals surface area contributed by atoms with Crippen molar-refractivity contribution in [3.63, 3.8) is 0 Å². The fraction of sp³-hybridized carbons (Fsp3) is 0.778. The second-order valence-corrected chi connectivity index (χ2v) is 13.8. The van der Waals surface area contributed by atoms with Crippen molar-refractivity contribution in [3.05, 3.63) is 48.6 Å². The van der Waals surface area contributed by atoms with Crippen LogP contribution in [-0.4, -0.2) is 39.0 Å². The van der Waals surface area contributed by atoms with Crippen LogP contribution in [0.4, 0.5) is 0 Å². The van der Waals surface area contributed by atoms with Crippen LogP contribution in [0.3, 0.4) is 0 Å². The quantitative estimate of drug-likeness (QED) is 0.0365. The van der Waals surface area contributed by atoms with Gasteiger partial charge in [-0.2, -0.15) is 5.26 Å². The molecule has 0 amide bonds. The summed E-state index contributed by atoms with van der Waals surface area (Å²) >= 11 is 0. The molecule has 5 heteroatoms.